The average Bonchev–Trinajstić information content (AvgIpc) is 2.30. The van der Waals surface area contributed by atoms with Gasteiger partial charge >= 0.3 is 6.36 Å². The van der Waals surface area contributed by atoms with Crippen LogP contribution in [-0.2, 0) is 13.8 Å². The van der Waals surface area contributed by atoms with E-state index in [4.69, 9.17) is 15.4 Å². The van der Waals surface area contributed by atoms with Crippen LogP contribution in [0.2, 0.25) is 0 Å². The molecule has 0 aliphatic rings. The molecule has 1 aromatic carbocycles. The molecular formula is C12H14ClF3O4S. The summed E-state index contributed by atoms with van der Waals surface area (Å²) < 4.78 is 67.2. The lowest BCUT2D eigenvalue weighted by atomic mass is 10.1. The predicted octanol–water partition coefficient (Wildman–Crippen LogP) is 3.45. The van der Waals surface area contributed by atoms with Gasteiger partial charge in [-0.1, -0.05) is 0 Å². The second-order valence-electron chi connectivity index (χ2n) is 4.35. The van der Waals surface area contributed by atoms with Crippen molar-refractivity contribution < 1.29 is 31.1 Å². The van der Waals surface area contributed by atoms with Gasteiger partial charge in [0.15, 0.2) is 0 Å². The molecule has 21 heavy (non-hydrogen) atoms. The lowest BCUT2D eigenvalue weighted by molar-refractivity contribution is -0.325. The van der Waals surface area contributed by atoms with Crippen molar-refractivity contribution in [2.75, 3.05) is 13.2 Å². The van der Waals surface area contributed by atoms with E-state index in [0.717, 1.165) is 0 Å². The zero-order valence-electron chi connectivity index (χ0n) is 11.5. The van der Waals surface area contributed by atoms with Crippen LogP contribution in [0.5, 0.6) is 5.75 Å². The van der Waals surface area contributed by atoms with Gasteiger partial charge < -0.3 is 4.74 Å². The van der Waals surface area contributed by atoms with Crippen LogP contribution in [0, 0.1) is 20.8 Å². The van der Waals surface area contributed by atoms with E-state index < -0.39 is 22.0 Å². The monoisotopic (exact) mass is 346 g/mol. The number of aryl methyl sites for hydroxylation is 1. The fraction of sp³-hybridized carbons (Fsp3) is 0.500. The van der Waals surface area contributed by atoms with Gasteiger partial charge in [0.25, 0.3) is 9.05 Å². The summed E-state index contributed by atoms with van der Waals surface area (Å²) in [6.45, 7) is 3.76. The average molecular weight is 347 g/mol. The first-order chi connectivity index (χ1) is 9.43. The molecule has 0 atom stereocenters. The van der Waals surface area contributed by atoms with Gasteiger partial charge in [0, 0.05) is 10.7 Å². The molecule has 1 aromatic rings. The van der Waals surface area contributed by atoms with Crippen molar-refractivity contribution in [1.29, 1.82) is 0 Å². The number of benzene rings is 1. The molecule has 0 aliphatic carbocycles. The molecule has 0 saturated heterocycles. The topological polar surface area (TPSA) is 52.6 Å². The van der Waals surface area contributed by atoms with E-state index in [1.54, 1.807) is 20.8 Å². The second-order valence-corrected chi connectivity index (χ2v) is 6.89. The minimum atomic E-state index is -4.71. The number of hydrogen-bond acceptors (Lipinski definition) is 4. The van der Waals surface area contributed by atoms with Crippen molar-refractivity contribution >= 4 is 19.7 Å². The zero-order chi connectivity index (χ0) is 16.4. The molecule has 0 spiro atoms. The van der Waals surface area contributed by atoms with Crippen LogP contribution in [-0.4, -0.2) is 28.0 Å². The smallest absolute Gasteiger partial charge is 0.491 e. The largest absolute Gasteiger partial charge is 0.522 e. The Balaban J connectivity index is 2.93. The third-order valence-corrected chi connectivity index (χ3v) is 4.28. The van der Waals surface area contributed by atoms with Crippen LogP contribution in [0.4, 0.5) is 13.2 Å². The highest BCUT2D eigenvalue weighted by molar-refractivity contribution is 8.13. The molecule has 4 nitrogen and oxygen atoms in total. The quantitative estimate of drug-likeness (QED) is 0.605. The molecule has 0 saturated carbocycles. The zero-order valence-corrected chi connectivity index (χ0v) is 13.1. The Kier molecular flexibility index (Phi) is 5.51. The summed E-state index contributed by atoms with van der Waals surface area (Å²) in [5.74, 6) is 0.322. The summed E-state index contributed by atoms with van der Waals surface area (Å²) in [5.41, 5.74) is 1.35. The van der Waals surface area contributed by atoms with Crippen LogP contribution >= 0.6 is 10.7 Å². The van der Waals surface area contributed by atoms with Crippen LogP contribution in [0.15, 0.2) is 11.0 Å². The summed E-state index contributed by atoms with van der Waals surface area (Å²) in [4.78, 5) is -0.0435. The second kappa shape index (κ2) is 6.41. The lowest BCUT2D eigenvalue weighted by Crippen LogP contribution is -2.18. The minimum absolute atomic E-state index is 0.0435. The van der Waals surface area contributed by atoms with E-state index in [1.165, 1.54) is 6.07 Å². The van der Waals surface area contributed by atoms with Crippen molar-refractivity contribution in [3.8, 4) is 5.75 Å². The normalized spacial score (nSPS) is 12.5. The standard InChI is InChI=1S/C12H14ClF3O4S/c1-7-6-10(21(13,17)18)8(2)9(3)11(7)19-4-5-20-12(14,15)16/h6H,4-5H2,1-3H3. The van der Waals surface area contributed by atoms with E-state index in [9.17, 15) is 21.6 Å². The van der Waals surface area contributed by atoms with Gasteiger partial charge in [-0.15, -0.1) is 13.2 Å². The summed E-state index contributed by atoms with van der Waals surface area (Å²) in [5, 5.41) is 0. The van der Waals surface area contributed by atoms with Gasteiger partial charge in [-0.25, -0.2) is 8.42 Å². The number of ether oxygens (including phenoxy) is 2. The molecule has 0 aliphatic heterocycles. The van der Waals surface area contributed by atoms with E-state index in [1.807, 2.05) is 0 Å². The summed E-state index contributed by atoms with van der Waals surface area (Å²) in [7, 11) is 1.43. The fourth-order valence-electron chi connectivity index (χ4n) is 1.80. The first-order valence-electron chi connectivity index (χ1n) is 5.82. The molecule has 9 heteroatoms. The minimum Gasteiger partial charge on any atom is -0.491 e. The van der Waals surface area contributed by atoms with Crippen molar-refractivity contribution in [2.24, 2.45) is 0 Å². The molecule has 0 aromatic heterocycles. The van der Waals surface area contributed by atoms with E-state index in [-0.39, 0.29) is 11.5 Å². The van der Waals surface area contributed by atoms with E-state index in [2.05, 4.69) is 4.74 Å². The molecule has 120 valence electrons. The molecule has 0 heterocycles. The Hall–Kier alpha value is -0.990. The maximum absolute atomic E-state index is 11.8. The molecular weight excluding hydrogens is 333 g/mol. The summed E-state index contributed by atoms with van der Waals surface area (Å²) in [6.07, 6.45) is -4.71. The van der Waals surface area contributed by atoms with Gasteiger partial charge in [-0.05, 0) is 43.5 Å². The molecule has 0 fully saturated rings. The van der Waals surface area contributed by atoms with Crippen LogP contribution < -0.4 is 4.74 Å². The SMILES string of the molecule is Cc1cc(S(=O)(=O)Cl)c(C)c(C)c1OCCOC(F)(F)F. The van der Waals surface area contributed by atoms with Gasteiger partial charge in [0.2, 0.25) is 0 Å². The highest BCUT2D eigenvalue weighted by atomic mass is 35.7. The highest BCUT2D eigenvalue weighted by Crippen LogP contribution is 2.32. The first-order valence-corrected chi connectivity index (χ1v) is 8.13. The third-order valence-electron chi connectivity index (χ3n) is 2.84. The number of hydrogen-bond donors (Lipinski definition) is 0. The van der Waals surface area contributed by atoms with Crippen LogP contribution in [0.25, 0.3) is 0 Å². The van der Waals surface area contributed by atoms with Gasteiger partial charge in [0.1, 0.15) is 12.4 Å². The summed E-state index contributed by atoms with van der Waals surface area (Å²) in [6, 6.07) is 1.32. The molecule has 0 radical (unpaired) electrons. The number of rotatable bonds is 5. The van der Waals surface area contributed by atoms with Gasteiger partial charge in [-0.3, -0.25) is 4.74 Å². The first kappa shape index (κ1) is 18.1. The third kappa shape index (κ3) is 5.05. The molecule has 0 unspecified atom stereocenters. The maximum atomic E-state index is 11.8. The number of alkyl halides is 3. The van der Waals surface area contributed by atoms with Crippen molar-refractivity contribution in [3.05, 3.63) is 22.8 Å². The molecule has 0 N–H and O–H groups in total. The highest BCUT2D eigenvalue weighted by Gasteiger charge is 2.28. The van der Waals surface area contributed by atoms with Crippen LogP contribution in [0.3, 0.4) is 0 Å². The summed E-state index contributed by atoms with van der Waals surface area (Å²) >= 11 is 0. The molecule has 0 bridgehead atoms. The maximum Gasteiger partial charge on any atom is 0.522 e. The molecule has 0 amide bonds. The van der Waals surface area contributed by atoms with Gasteiger partial charge in [0.05, 0.1) is 11.5 Å². The van der Waals surface area contributed by atoms with E-state index >= 15 is 0 Å². The molecule has 1 rings (SSSR count). The number of halogens is 4. The Labute approximate surface area is 125 Å². The van der Waals surface area contributed by atoms with Crippen molar-refractivity contribution in [3.63, 3.8) is 0 Å². The Bertz CT molecular complexity index is 626. The van der Waals surface area contributed by atoms with Crippen LogP contribution in [0.1, 0.15) is 16.7 Å². The lowest BCUT2D eigenvalue weighted by Gasteiger charge is -2.16. The predicted molar refractivity (Wildman–Crippen MR) is 71.2 cm³/mol. The Morgan fingerprint density at radius 2 is 1.71 bits per heavy atom. The Morgan fingerprint density at radius 1 is 1.14 bits per heavy atom. The van der Waals surface area contributed by atoms with Crippen molar-refractivity contribution in [2.45, 2.75) is 32.0 Å². The van der Waals surface area contributed by atoms with Crippen molar-refractivity contribution in [1.82, 2.24) is 0 Å². The Morgan fingerprint density at radius 3 is 2.19 bits per heavy atom. The fourth-order valence-corrected chi connectivity index (χ4v) is 3.11. The van der Waals surface area contributed by atoms with Gasteiger partial charge in [-0.2, -0.15) is 0 Å². The van der Waals surface area contributed by atoms with E-state index in [0.29, 0.717) is 22.4 Å².